The third kappa shape index (κ3) is 8.80. The van der Waals surface area contributed by atoms with Crippen LogP contribution in [0.1, 0.15) is 36.1 Å². The molecule has 0 aliphatic carbocycles. The van der Waals surface area contributed by atoms with E-state index in [0.717, 1.165) is 12.1 Å². The number of aliphatic hydroxyl groups excluding tert-OH is 2. The lowest BCUT2D eigenvalue weighted by Gasteiger charge is -2.31. The number of amides is 1. The first-order chi connectivity index (χ1) is 19.5. The van der Waals surface area contributed by atoms with E-state index < -0.39 is 35.6 Å². The third-order valence-electron chi connectivity index (χ3n) is 6.37. The summed E-state index contributed by atoms with van der Waals surface area (Å²) >= 11 is 0. The van der Waals surface area contributed by atoms with Gasteiger partial charge in [-0.2, -0.15) is 17.6 Å². The number of nitrogens with one attached hydrogen (secondary N) is 1. The van der Waals surface area contributed by atoms with E-state index in [4.69, 9.17) is 5.73 Å². The number of hydrogen-bond acceptors (Lipinski definition) is 9. The Balaban J connectivity index is 1.63. The van der Waals surface area contributed by atoms with Crippen molar-refractivity contribution in [1.82, 2.24) is 19.9 Å². The number of hydrogen-bond donors (Lipinski definition) is 4. The summed E-state index contributed by atoms with van der Waals surface area (Å²) < 4.78 is 53.9. The molecule has 0 aliphatic rings. The van der Waals surface area contributed by atoms with Crippen LogP contribution in [0.15, 0.2) is 55.1 Å². The molecule has 14 heteroatoms. The van der Waals surface area contributed by atoms with Gasteiger partial charge >= 0.3 is 6.18 Å². The number of aromatic nitrogens is 3. The quantitative estimate of drug-likeness (QED) is 0.200. The zero-order valence-corrected chi connectivity index (χ0v) is 22.4. The standard InChI is InChI=1S/C27H33F4N7O3/c1-2-37(15-18-3-5-20(6-4-18)27(29,30)31)26-22(28)25(35-17-36-26)34-12-9-21(40)16-38(13-14-39)23(24(32)41)19-7-10-33-11-8-19/h3-8,10-11,17,21,23,39-40H,2,9,12-16H2,1H3,(H2,32,41)(H,34,35,36)/t21-,23-/m1/s1. The SMILES string of the molecule is CCN(Cc1ccc(C(F)(F)F)cc1)c1ncnc(NCC[C@@H](O)CN(CCO)[C@@H](C(N)=O)c2ccncc2)c1F. The lowest BCUT2D eigenvalue weighted by Crippen LogP contribution is -2.43. The molecule has 2 aromatic heterocycles. The number of nitrogens with two attached hydrogens (primary N) is 1. The van der Waals surface area contributed by atoms with Crippen LogP contribution < -0.4 is 16.0 Å². The minimum Gasteiger partial charge on any atom is -0.395 e. The lowest BCUT2D eigenvalue weighted by atomic mass is 10.0. The molecule has 0 saturated heterocycles. The van der Waals surface area contributed by atoms with Crippen molar-refractivity contribution in [2.75, 3.05) is 43.0 Å². The predicted molar refractivity (Wildman–Crippen MR) is 144 cm³/mol. The van der Waals surface area contributed by atoms with E-state index in [9.17, 15) is 28.2 Å². The summed E-state index contributed by atoms with van der Waals surface area (Å²) in [5.41, 5.74) is 5.95. The normalized spacial score (nSPS) is 13.2. The van der Waals surface area contributed by atoms with E-state index in [1.165, 1.54) is 30.9 Å². The Morgan fingerprint density at radius 1 is 1.12 bits per heavy atom. The zero-order chi connectivity index (χ0) is 30.0. The van der Waals surface area contributed by atoms with E-state index in [1.54, 1.807) is 28.9 Å². The Morgan fingerprint density at radius 2 is 1.80 bits per heavy atom. The molecule has 0 fully saturated rings. The first kappa shape index (κ1) is 31.6. The molecular weight excluding hydrogens is 546 g/mol. The number of primary amides is 1. The van der Waals surface area contributed by atoms with Gasteiger partial charge in [0.1, 0.15) is 12.4 Å². The van der Waals surface area contributed by atoms with Crippen molar-refractivity contribution < 1.29 is 32.6 Å². The van der Waals surface area contributed by atoms with Gasteiger partial charge in [0, 0.05) is 45.1 Å². The number of anilines is 2. The number of rotatable bonds is 15. The summed E-state index contributed by atoms with van der Waals surface area (Å²) in [5, 5.41) is 23.0. The van der Waals surface area contributed by atoms with Gasteiger partial charge in [0.2, 0.25) is 11.7 Å². The molecule has 2 heterocycles. The molecule has 1 amide bonds. The number of carbonyl (C=O) groups excluding carboxylic acids is 1. The van der Waals surface area contributed by atoms with Gasteiger partial charge in [-0.3, -0.25) is 14.7 Å². The van der Waals surface area contributed by atoms with E-state index in [1.807, 2.05) is 0 Å². The lowest BCUT2D eigenvalue weighted by molar-refractivity contribution is -0.137. The smallest absolute Gasteiger partial charge is 0.395 e. The molecule has 3 rings (SSSR count). The minimum absolute atomic E-state index is 0.00637. The van der Waals surface area contributed by atoms with Crippen LogP contribution in [-0.2, 0) is 17.5 Å². The summed E-state index contributed by atoms with van der Waals surface area (Å²) in [6, 6.07) is 6.98. The van der Waals surface area contributed by atoms with Gasteiger partial charge in [-0.1, -0.05) is 12.1 Å². The Morgan fingerprint density at radius 3 is 2.39 bits per heavy atom. The second-order valence-corrected chi connectivity index (χ2v) is 9.24. The van der Waals surface area contributed by atoms with Crippen LogP contribution in [0.5, 0.6) is 0 Å². The number of alkyl halides is 3. The van der Waals surface area contributed by atoms with E-state index in [0.29, 0.717) is 17.7 Å². The first-order valence-corrected chi connectivity index (χ1v) is 12.9. The molecule has 0 saturated carbocycles. The molecule has 0 bridgehead atoms. The molecule has 2 atom stereocenters. The summed E-state index contributed by atoms with van der Waals surface area (Å²) in [6.07, 6.45) is -1.08. The number of halogens is 4. The molecule has 5 N–H and O–H groups in total. The molecular formula is C27H33F4N7O3. The fraction of sp³-hybridized carbons (Fsp3) is 0.407. The topological polar surface area (TPSA) is 141 Å². The Bertz CT molecular complexity index is 1250. The fourth-order valence-electron chi connectivity index (χ4n) is 4.33. The fourth-order valence-corrected chi connectivity index (χ4v) is 4.33. The maximum absolute atomic E-state index is 15.3. The van der Waals surface area contributed by atoms with Gasteiger partial charge in [-0.15, -0.1) is 0 Å². The van der Waals surface area contributed by atoms with Crippen LogP contribution in [0.25, 0.3) is 0 Å². The number of pyridine rings is 1. The van der Waals surface area contributed by atoms with Crippen LogP contribution in [-0.4, -0.2) is 74.9 Å². The van der Waals surface area contributed by atoms with Crippen molar-refractivity contribution >= 4 is 17.5 Å². The molecule has 0 aliphatic heterocycles. The highest BCUT2D eigenvalue weighted by molar-refractivity contribution is 5.81. The maximum atomic E-state index is 15.3. The van der Waals surface area contributed by atoms with Crippen LogP contribution in [0.3, 0.4) is 0 Å². The van der Waals surface area contributed by atoms with Gasteiger partial charge in [-0.05, 0) is 48.7 Å². The van der Waals surface area contributed by atoms with Crippen molar-refractivity contribution in [2.24, 2.45) is 5.73 Å². The summed E-state index contributed by atoms with van der Waals surface area (Å²) in [7, 11) is 0. The Kier molecular flexibility index (Phi) is 11.3. The highest BCUT2D eigenvalue weighted by atomic mass is 19.4. The molecule has 0 spiro atoms. The Hall–Kier alpha value is -3.88. The molecule has 10 nitrogen and oxygen atoms in total. The highest BCUT2D eigenvalue weighted by Crippen LogP contribution is 2.30. The molecule has 41 heavy (non-hydrogen) atoms. The van der Waals surface area contributed by atoms with Crippen molar-refractivity contribution in [3.63, 3.8) is 0 Å². The Labute approximate surface area is 234 Å². The van der Waals surface area contributed by atoms with E-state index in [-0.39, 0.29) is 50.8 Å². The van der Waals surface area contributed by atoms with Crippen molar-refractivity contribution in [2.45, 2.75) is 38.2 Å². The van der Waals surface area contributed by atoms with Gasteiger partial charge in [-0.25, -0.2) is 9.97 Å². The van der Waals surface area contributed by atoms with Gasteiger partial charge < -0.3 is 26.2 Å². The van der Waals surface area contributed by atoms with Crippen molar-refractivity contribution in [1.29, 1.82) is 0 Å². The summed E-state index contributed by atoms with van der Waals surface area (Å²) in [6.45, 7) is 2.14. The number of carbonyl (C=O) groups is 1. The minimum atomic E-state index is -4.45. The molecule has 0 unspecified atom stereocenters. The number of benzene rings is 1. The van der Waals surface area contributed by atoms with Crippen LogP contribution in [0.2, 0.25) is 0 Å². The third-order valence-corrected chi connectivity index (χ3v) is 6.37. The second-order valence-electron chi connectivity index (χ2n) is 9.24. The molecule has 3 aromatic rings. The average molecular weight is 580 g/mol. The zero-order valence-electron chi connectivity index (χ0n) is 22.4. The van der Waals surface area contributed by atoms with E-state index >= 15 is 4.39 Å². The molecule has 222 valence electrons. The monoisotopic (exact) mass is 579 g/mol. The maximum Gasteiger partial charge on any atom is 0.416 e. The van der Waals surface area contributed by atoms with Crippen LogP contribution in [0, 0.1) is 5.82 Å². The number of aliphatic hydroxyl groups is 2. The van der Waals surface area contributed by atoms with Gasteiger partial charge in [0.15, 0.2) is 11.6 Å². The summed E-state index contributed by atoms with van der Waals surface area (Å²) in [4.78, 5) is 27.2. The largest absolute Gasteiger partial charge is 0.416 e. The van der Waals surface area contributed by atoms with Gasteiger partial charge in [0.05, 0.1) is 18.3 Å². The van der Waals surface area contributed by atoms with Crippen LogP contribution in [0.4, 0.5) is 29.2 Å². The van der Waals surface area contributed by atoms with Gasteiger partial charge in [0.25, 0.3) is 0 Å². The van der Waals surface area contributed by atoms with Crippen LogP contribution >= 0.6 is 0 Å². The first-order valence-electron chi connectivity index (χ1n) is 12.9. The van der Waals surface area contributed by atoms with E-state index in [2.05, 4.69) is 20.3 Å². The van der Waals surface area contributed by atoms with Crippen molar-refractivity contribution in [3.05, 3.63) is 77.6 Å². The molecule has 0 radical (unpaired) electrons. The highest BCUT2D eigenvalue weighted by Gasteiger charge is 2.30. The number of nitrogens with zero attached hydrogens (tertiary/aromatic N) is 5. The summed E-state index contributed by atoms with van der Waals surface area (Å²) in [5.74, 6) is -1.53. The van der Waals surface area contributed by atoms with Crippen molar-refractivity contribution in [3.8, 4) is 0 Å². The molecule has 1 aromatic carbocycles. The average Bonchev–Trinajstić information content (AvgIpc) is 2.93. The predicted octanol–water partition coefficient (Wildman–Crippen LogP) is 2.74. The second kappa shape index (κ2) is 14.7.